The summed E-state index contributed by atoms with van der Waals surface area (Å²) in [6, 6.07) is 0. The molecule has 2 rings (SSSR count). The Hall–Kier alpha value is -0.760. The van der Waals surface area contributed by atoms with E-state index in [4.69, 9.17) is 0 Å². The van der Waals surface area contributed by atoms with Gasteiger partial charge in [0, 0.05) is 17.8 Å². The molecule has 0 aliphatic rings. The zero-order valence-corrected chi connectivity index (χ0v) is 13.8. The molecule has 0 fully saturated rings. The van der Waals surface area contributed by atoms with Crippen LogP contribution >= 0.6 is 33.9 Å². The molecule has 2 aromatic rings. The molecular weight excluding hydrogens is 359 g/mol. The van der Waals surface area contributed by atoms with Crippen molar-refractivity contribution in [1.82, 2.24) is 15.0 Å². The summed E-state index contributed by atoms with van der Waals surface area (Å²) in [5, 5.41) is 5.09. The smallest absolute Gasteiger partial charge is 0.181 e. The van der Waals surface area contributed by atoms with Crippen LogP contribution in [0.1, 0.15) is 26.5 Å². The maximum absolute atomic E-state index is 4.68. The van der Waals surface area contributed by atoms with Gasteiger partial charge in [0.05, 0.1) is 14.8 Å². The Balaban J connectivity index is 2.64. The van der Waals surface area contributed by atoms with Gasteiger partial charge in [-0.05, 0) is 22.6 Å². The number of thiazole rings is 1. The van der Waals surface area contributed by atoms with Crippen LogP contribution in [-0.2, 0) is 5.41 Å². The molecule has 0 aliphatic carbocycles. The topological polar surface area (TPSA) is 50.7 Å². The lowest BCUT2D eigenvalue weighted by Gasteiger charge is -2.21. The summed E-state index contributed by atoms with van der Waals surface area (Å²) >= 11 is 3.85. The van der Waals surface area contributed by atoms with Crippen LogP contribution in [0.2, 0.25) is 0 Å². The molecule has 0 aromatic carbocycles. The Labute approximate surface area is 124 Å². The van der Waals surface area contributed by atoms with Gasteiger partial charge in [-0.1, -0.05) is 20.8 Å². The molecule has 0 amide bonds. The van der Waals surface area contributed by atoms with E-state index in [1.807, 2.05) is 12.4 Å². The highest BCUT2D eigenvalue weighted by atomic mass is 127. The molecule has 6 heteroatoms. The Bertz CT molecular complexity index is 546. The summed E-state index contributed by atoms with van der Waals surface area (Å²) in [6.45, 7) is 6.46. The number of hydrogen-bond donors (Lipinski definition) is 1. The van der Waals surface area contributed by atoms with Gasteiger partial charge in [0.2, 0.25) is 0 Å². The van der Waals surface area contributed by atoms with Crippen molar-refractivity contribution < 1.29 is 0 Å². The summed E-state index contributed by atoms with van der Waals surface area (Å²) in [5.41, 5.74) is 3.66. The lowest BCUT2D eigenvalue weighted by molar-refractivity contribution is 0.564. The van der Waals surface area contributed by atoms with E-state index < -0.39 is 0 Å². The van der Waals surface area contributed by atoms with Crippen LogP contribution in [0.15, 0.2) is 10.9 Å². The largest absolute Gasteiger partial charge is 0.372 e. The number of anilines is 1. The molecule has 2 aromatic heterocycles. The fourth-order valence-electron chi connectivity index (χ4n) is 1.55. The van der Waals surface area contributed by atoms with Crippen LogP contribution < -0.4 is 5.32 Å². The maximum Gasteiger partial charge on any atom is 0.181 e. The van der Waals surface area contributed by atoms with Crippen LogP contribution in [0.4, 0.5) is 5.82 Å². The number of halogens is 1. The minimum absolute atomic E-state index is 0.0180. The minimum Gasteiger partial charge on any atom is -0.372 e. The Morgan fingerprint density at radius 3 is 2.50 bits per heavy atom. The summed E-state index contributed by atoms with van der Waals surface area (Å²) in [4.78, 5) is 13.5. The Morgan fingerprint density at radius 2 is 2.00 bits per heavy atom. The van der Waals surface area contributed by atoms with Gasteiger partial charge in [-0.25, -0.2) is 15.0 Å². The van der Waals surface area contributed by atoms with E-state index in [1.54, 1.807) is 16.8 Å². The third-order valence-corrected chi connectivity index (χ3v) is 4.07. The lowest BCUT2D eigenvalue weighted by atomic mass is 9.92. The van der Waals surface area contributed by atoms with Gasteiger partial charge < -0.3 is 5.32 Å². The third kappa shape index (κ3) is 2.64. The molecule has 0 saturated heterocycles. The zero-order chi connectivity index (χ0) is 13.3. The molecule has 4 nitrogen and oxygen atoms in total. The average Bonchev–Trinajstić information content (AvgIpc) is 2.81. The van der Waals surface area contributed by atoms with Crippen molar-refractivity contribution in [1.29, 1.82) is 0 Å². The molecule has 0 aliphatic heterocycles. The molecule has 0 saturated carbocycles. The zero-order valence-electron chi connectivity index (χ0n) is 10.8. The second-order valence-electron chi connectivity index (χ2n) is 4.93. The fraction of sp³-hybridized carbons (Fsp3) is 0.417. The molecule has 18 heavy (non-hydrogen) atoms. The van der Waals surface area contributed by atoms with E-state index in [1.165, 1.54) is 0 Å². The van der Waals surface area contributed by atoms with Gasteiger partial charge in [0.1, 0.15) is 11.5 Å². The number of rotatable bonds is 2. The standard InChI is InChI=1S/C12H15IN4S/c1-12(2,3)9-8(13)11(14-4)17-10(16-9)7-5-18-6-15-7/h5-6H,1-4H3,(H,14,16,17). The van der Waals surface area contributed by atoms with Crippen LogP contribution in [0.3, 0.4) is 0 Å². The van der Waals surface area contributed by atoms with Gasteiger partial charge in [-0.3, -0.25) is 0 Å². The highest BCUT2D eigenvalue weighted by Crippen LogP contribution is 2.31. The van der Waals surface area contributed by atoms with Crippen LogP contribution in [-0.4, -0.2) is 22.0 Å². The summed E-state index contributed by atoms with van der Waals surface area (Å²) in [6.07, 6.45) is 0. The van der Waals surface area contributed by atoms with Crippen LogP contribution in [0.25, 0.3) is 11.5 Å². The van der Waals surface area contributed by atoms with Gasteiger partial charge in [-0.2, -0.15) is 0 Å². The van der Waals surface area contributed by atoms with E-state index in [0.717, 1.165) is 20.8 Å². The van der Waals surface area contributed by atoms with E-state index in [2.05, 4.69) is 63.6 Å². The van der Waals surface area contributed by atoms with E-state index in [-0.39, 0.29) is 5.41 Å². The normalized spacial score (nSPS) is 11.6. The first-order valence-corrected chi connectivity index (χ1v) is 7.60. The van der Waals surface area contributed by atoms with Gasteiger partial charge in [0.15, 0.2) is 5.82 Å². The number of nitrogens with zero attached hydrogens (tertiary/aromatic N) is 3. The highest BCUT2D eigenvalue weighted by Gasteiger charge is 2.23. The molecule has 1 N–H and O–H groups in total. The minimum atomic E-state index is -0.0180. The first-order valence-electron chi connectivity index (χ1n) is 5.58. The quantitative estimate of drug-likeness (QED) is 0.817. The van der Waals surface area contributed by atoms with E-state index in [0.29, 0.717) is 5.82 Å². The second-order valence-corrected chi connectivity index (χ2v) is 6.73. The lowest BCUT2D eigenvalue weighted by Crippen LogP contribution is -2.18. The van der Waals surface area contributed by atoms with Crippen molar-refractivity contribution in [2.24, 2.45) is 0 Å². The first kappa shape index (κ1) is 13.7. The monoisotopic (exact) mass is 374 g/mol. The summed E-state index contributed by atoms with van der Waals surface area (Å²) in [7, 11) is 1.88. The van der Waals surface area contributed by atoms with E-state index in [9.17, 15) is 0 Å². The summed E-state index contributed by atoms with van der Waals surface area (Å²) < 4.78 is 1.07. The second kappa shape index (κ2) is 5.08. The van der Waals surface area contributed by atoms with Gasteiger partial charge in [-0.15, -0.1) is 11.3 Å². The number of nitrogens with one attached hydrogen (secondary N) is 1. The fourth-order valence-corrected chi connectivity index (χ4v) is 3.40. The number of hydrogen-bond acceptors (Lipinski definition) is 5. The predicted octanol–water partition coefficient (Wildman–Crippen LogP) is 3.54. The van der Waals surface area contributed by atoms with Crippen LogP contribution in [0, 0.1) is 3.57 Å². The highest BCUT2D eigenvalue weighted by molar-refractivity contribution is 14.1. The Morgan fingerprint density at radius 1 is 1.28 bits per heavy atom. The maximum atomic E-state index is 4.68. The van der Waals surface area contributed by atoms with E-state index >= 15 is 0 Å². The third-order valence-electron chi connectivity index (χ3n) is 2.46. The van der Waals surface area contributed by atoms with Crippen molar-refractivity contribution in [2.75, 3.05) is 12.4 Å². The molecule has 0 radical (unpaired) electrons. The molecule has 2 heterocycles. The van der Waals surface area contributed by atoms with Crippen molar-refractivity contribution in [2.45, 2.75) is 26.2 Å². The molecule has 0 bridgehead atoms. The summed E-state index contributed by atoms with van der Waals surface area (Å²) in [5.74, 6) is 1.55. The molecule has 0 atom stereocenters. The molecule has 0 spiro atoms. The number of aromatic nitrogens is 3. The molecular formula is C12H15IN4S. The molecule has 96 valence electrons. The van der Waals surface area contributed by atoms with Gasteiger partial charge in [0.25, 0.3) is 0 Å². The van der Waals surface area contributed by atoms with Crippen molar-refractivity contribution >= 4 is 39.7 Å². The first-order chi connectivity index (χ1) is 8.43. The van der Waals surface area contributed by atoms with Crippen molar-refractivity contribution in [3.05, 3.63) is 20.2 Å². The van der Waals surface area contributed by atoms with Crippen molar-refractivity contribution in [3.63, 3.8) is 0 Å². The van der Waals surface area contributed by atoms with Crippen LogP contribution in [0.5, 0.6) is 0 Å². The SMILES string of the molecule is CNc1nc(-c2cscn2)nc(C(C)(C)C)c1I. The Kier molecular flexibility index (Phi) is 3.86. The average molecular weight is 374 g/mol. The van der Waals surface area contributed by atoms with Crippen molar-refractivity contribution in [3.8, 4) is 11.5 Å². The molecule has 0 unspecified atom stereocenters. The van der Waals surface area contributed by atoms with Gasteiger partial charge >= 0.3 is 0 Å². The predicted molar refractivity (Wildman–Crippen MR) is 84.1 cm³/mol.